The van der Waals surface area contributed by atoms with Crippen molar-refractivity contribution in [3.05, 3.63) is 64.7 Å². The lowest BCUT2D eigenvalue weighted by Gasteiger charge is -2.09. The summed E-state index contributed by atoms with van der Waals surface area (Å²) in [6.07, 6.45) is 3.74. The number of fused-ring (bicyclic) bond motifs is 1. The minimum atomic E-state index is 0.552. The van der Waals surface area contributed by atoms with Crippen LogP contribution in [0.3, 0.4) is 0 Å². The van der Waals surface area contributed by atoms with E-state index in [1.54, 1.807) is 0 Å². The van der Waals surface area contributed by atoms with Crippen molar-refractivity contribution in [1.29, 1.82) is 0 Å². The Labute approximate surface area is 114 Å². The van der Waals surface area contributed by atoms with E-state index in [2.05, 4.69) is 18.2 Å². The van der Waals surface area contributed by atoms with E-state index in [-0.39, 0.29) is 0 Å². The molecular weight excluding hydrogens is 234 g/mol. The van der Waals surface area contributed by atoms with Crippen LogP contribution in [-0.4, -0.2) is 0 Å². The van der Waals surface area contributed by atoms with Gasteiger partial charge in [-0.2, -0.15) is 0 Å². The number of nitrogens with two attached hydrogens (primary N) is 1. The molecule has 2 N–H and O–H groups in total. The molecule has 0 unspecified atom stereocenters. The van der Waals surface area contributed by atoms with Gasteiger partial charge in [0.2, 0.25) is 0 Å². The molecule has 98 valence electrons. The van der Waals surface area contributed by atoms with E-state index in [4.69, 9.17) is 10.5 Å². The number of benzene rings is 2. The summed E-state index contributed by atoms with van der Waals surface area (Å²) in [5.74, 6) is 0.892. The summed E-state index contributed by atoms with van der Waals surface area (Å²) in [6, 6.07) is 14.7. The predicted octanol–water partition coefficient (Wildman–Crippen LogP) is 3.21. The highest BCUT2D eigenvalue weighted by molar-refractivity contribution is 5.35. The lowest BCUT2D eigenvalue weighted by Crippen LogP contribution is -1.99. The maximum atomic E-state index is 5.84. The number of rotatable bonds is 4. The van der Waals surface area contributed by atoms with Gasteiger partial charge in [-0.25, -0.2) is 0 Å². The Morgan fingerprint density at radius 1 is 0.947 bits per heavy atom. The third-order valence-electron chi connectivity index (χ3n) is 3.70. The molecular formula is C17H19NO. The highest BCUT2D eigenvalue weighted by Gasteiger charge is 2.10. The third-order valence-corrected chi connectivity index (χ3v) is 3.70. The summed E-state index contributed by atoms with van der Waals surface area (Å²) >= 11 is 0. The molecule has 0 saturated heterocycles. The number of hydrogen-bond acceptors (Lipinski definition) is 2. The lowest BCUT2D eigenvalue weighted by atomic mass is 10.1. The van der Waals surface area contributed by atoms with Crippen LogP contribution in [0.15, 0.2) is 42.5 Å². The van der Waals surface area contributed by atoms with Crippen molar-refractivity contribution in [1.82, 2.24) is 0 Å². The van der Waals surface area contributed by atoms with E-state index in [1.807, 2.05) is 24.3 Å². The van der Waals surface area contributed by atoms with Gasteiger partial charge >= 0.3 is 0 Å². The highest BCUT2D eigenvalue weighted by atomic mass is 16.5. The van der Waals surface area contributed by atoms with Crippen LogP contribution in [0.25, 0.3) is 0 Å². The largest absolute Gasteiger partial charge is 0.489 e. The molecule has 0 aromatic heterocycles. The van der Waals surface area contributed by atoms with Gasteiger partial charge in [0.05, 0.1) is 0 Å². The van der Waals surface area contributed by atoms with Gasteiger partial charge in [-0.3, -0.25) is 0 Å². The standard InChI is InChI=1S/C17H19NO/c18-11-13-3-1-6-17(10-13)19-12-14-7-8-15-4-2-5-16(15)9-14/h1,3,6-10H,2,4-5,11-12,18H2. The van der Waals surface area contributed by atoms with Crippen molar-refractivity contribution in [3.8, 4) is 5.75 Å². The average Bonchev–Trinajstić information content (AvgIpc) is 2.93. The fourth-order valence-corrected chi connectivity index (χ4v) is 2.64. The van der Waals surface area contributed by atoms with Crippen LogP contribution < -0.4 is 10.5 Å². The smallest absolute Gasteiger partial charge is 0.120 e. The molecule has 19 heavy (non-hydrogen) atoms. The Morgan fingerprint density at radius 3 is 2.74 bits per heavy atom. The van der Waals surface area contributed by atoms with Crippen molar-refractivity contribution >= 4 is 0 Å². The zero-order valence-corrected chi connectivity index (χ0v) is 11.1. The Hall–Kier alpha value is -1.80. The molecule has 0 radical (unpaired) electrons. The molecule has 0 atom stereocenters. The predicted molar refractivity (Wildman–Crippen MR) is 77.1 cm³/mol. The van der Waals surface area contributed by atoms with E-state index < -0.39 is 0 Å². The van der Waals surface area contributed by atoms with Crippen molar-refractivity contribution < 1.29 is 4.74 Å². The Balaban J connectivity index is 1.68. The van der Waals surface area contributed by atoms with Crippen LogP contribution in [0.2, 0.25) is 0 Å². The molecule has 3 rings (SSSR count). The van der Waals surface area contributed by atoms with Crippen molar-refractivity contribution in [2.75, 3.05) is 0 Å². The van der Waals surface area contributed by atoms with Crippen molar-refractivity contribution in [3.63, 3.8) is 0 Å². The third kappa shape index (κ3) is 2.79. The Morgan fingerprint density at radius 2 is 1.84 bits per heavy atom. The second-order valence-electron chi connectivity index (χ2n) is 5.10. The molecule has 1 aliphatic carbocycles. The van der Waals surface area contributed by atoms with Gasteiger partial charge in [0.1, 0.15) is 12.4 Å². The summed E-state index contributed by atoms with van der Waals surface area (Å²) in [7, 11) is 0. The molecule has 2 aromatic carbocycles. The van der Waals surface area contributed by atoms with Gasteiger partial charge < -0.3 is 10.5 Å². The first-order valence-corrected chi connectivity index (χ1v) is 6.87. The Kier molecular flexibility index (Phi) is 3.51. The molecule has 2 nitrogen and oxygen atoms in total. The second kappa shape index (κ2) is 5.45. The number of aryl methyl sites for hydroxylation is 2. The fourth-order valence-electron chi connectivity index (χ4n) is 2.64. The van der Waals surface area contributed by atoms with Crippen molar-refractivity contribution in [2.24, 2.45) is 5.73 Å². The fraction of sp³-hybridized carbons (Fsp3) is 0.294. The van der Waals surface area contributed by atoms with Crippen LogP contribution in [0.4, 0.5) is 0 Å². The monoisotopic (exact) mass is 253 g/mol. The van der Waals surface area contributed by atoms with Crippen LogP contribution in [0, 0.1) is 0 Å². The molecule has 0 saturated carbocycles. The molecule has 1 aliphatic rings. The van der Waals surface area contributed by atoms with E-state index >= 15 is 0 Å². The molecule has 0 fully saturated rings. The van der Waals surface area contributed by atoms with Gasteiger partial charge in [0.15, 0.2) is 0 Å². The summed E-state index contributed by atoms with van der Waals surface area (Å²) in [4.78, 5) is 0. The van der Waals surface area contributed by atoms with Crippen molar-refractivity contribution in [2.45, 2.75) is 32.4 Å². The summed E-state index contributed by atoms with van der Waals surface area (Å²) < 4.78 is 5.84. The van der Waals surface area contributed by atoms with Crippen LogP contribution in [-0.2, 0) is 26.0 Å². The van der Waals surface area contributed by atoms with Gasteiger partial charge in [0, 0.05) is 6.54 Å². The summed E-state index contributed by atoms with van der Waals surface area (Å²) in [6.45, 7) is 1.18. The van der Waals surface area contributed by atoms with E-state index in [0.717, 1.165) is 11.3 Å². The average molecular weight is 253 g/mol. The minimum Gasteiger partial charge on any atom is -0.489 e. The van der Waals surface area contributed by atoms with Gasteiger partial charge in [0.25, 0.3) is 0 Å². The molecule has 0 amide bonds. The van der Waals surface area contributed by atoms with E-state index in [0.29, 0.717) is 13.2 Å². The molecule has 0 aliphatic heterocycles. The van der Waals surface area contributed by atoms with Crippen LogP contribution >= 0.6 is 0 Å². The zero-order valence-electron chi connectivity index (χ0n) is 11.1. The number of ether oxygens (including phenoxy) is 1. The van der Waals surface area contributed by atoms with Gasteiger partial charge in [-0.1, -0.05) is 30.3 Å². The zero-order chi connectivity index (χ0) is 13.1. The molecule has 2 heteroatoms. The molecule has 0 bridgehead atoms. The van der Waals surface area contributed by atoms with E-state index in [1.165, 1.54) is 36.0 Å². The van der Waals surface area contributed by atoms with Crippen LogP contribution in [0.5, 0.6) is 5.75 Å². The second-order valence-corrected chi connectivity index (χ2v) is 5.10. The minimum absolute atomic E-state index is 0.552. The maximum absolute atomic E-state index is 5.84. The molecule has 0 spiro atoms. The quantitative estimate of drug-likeness (QED) is 0.908. The first-order chi connectivity index (χ1) is 9.35. The van der Waals surface area contributed by atoms with Gasteiger partial charge in [-0.05, 0) is 53.6 Å². The first-order valence-electron chi connectivity index (χ1n) is 6.87. The van der Waals surface area contributed by atoms with Crippen LogP contribution in [0.1, 0.15) is 28.7 Å². The lowest BCUT2D eigenvalue weighted by molar-refractivity contribution is 0.306. The maximum Gasteiger partial charge on any atom is 0.120 e. The Bertz CT molecular complexity index is 577. The normalized spacial score (nSPS) is 13.3. The van der Waals surface area contributed by atoms with Gasteiger partial charge in [-0.15, -0.1) is 0 Å². The summed E-state index contributed by atoms with van der Waals surface area (Å²) in [5.41, 5.74) is 11.0. The van der Waals surface area contributed by atoms with E-state index in [9.17, 15) is 0 Å². The summed E-state index contributed by atoms with van der Waals surface area (Å²) in [5, 5.41) is 0. The molecule has 2 aromatic rings. The topological polar surface area (TPSA) is 35.2 Å². The number of hydrogen-bond donors (Lipinski definition) is 1. The molecule has 0 heterocycles. The first kappa shape index (κ1) is 12.2. The SMILES string of the molecule is NCc1cccc(OCc2ccc3c(c2)CCC3)c1. The highest BCUT2D eigenvalue weighted by Crippen LogP contribution is 2.23.